The van der Waals surface area contributed by atoms with Gasteiger partial charge in [0.1, 0.15) is 11.6 Å². The fourth-order valence-electron chi connectivity index (χ4n) is 1.15. The van der Waals surface area contributed by atoms with Crippen LogP contribution in [0.15, 0.2) is 18.2 Å². The van der Waals surface area contributed by atoms with Crippen LogP contribution < -0.4 is 5.48 Å². The highest BCUT2D eigenvalue weighted by atomic mass is 19.4. The van der Waals surface area contributed by atoms with Gasteiger partial charge in [0, 0.05) is 11.6 Å². The average Bonchev–Trinajstić information content (AvgIpc) is 2.22. The number of alkyl halides is 3. The predicted octanol–water partition coefficient (Wildman–Crippen LogP) is 2.08. The quantitative estimate of drug-likeness (QED) is 0.489. The Morgan fingerprint density at radius 1 is 1.28 bits per heavy atom. The van der Waals surface area contributed by atoms with Crippen molar-refractivity contribution in [1.29, 1.82) is 0 Å². The number of nitrogens with one attached hydrogen (secondary N) is 1. The van der Waals surface area contributed by atoms with Crippen LogP contribution >= 0.6 is 0 Å². The molecule has 0 heterocycles. The number of aliphatic hydroxyl groups is 1. The Morgan fingerprint density at radius 3 is 2.50 bits per heavy atom. The first kappa shape index (κ1) is 14.8. The Kier molecular flexibility index (Phi) is 5.00. The van der Waals surface area contributed by atoms with E-state index in [1.54, 1.807) is 0 Å². The molecule has 0 aliphatic heterocycles. The molecule has 0 radical (unpaired) electrons. The summed E-state index contributed by atoms with van der Waals surface area (Å²) >= 11 is 0. The van der Waals surface area contributed by atoms with Crippen LogP contribution in [0, 0.1) is 11.6 Å². The smallest absolute Gasteiger partial charge is 0.387 e. The summed E-state index contributed by atoms with van der Waals surface area (Å²) in [7, 11) is 0. The van der Waals surface area contributed by atoms with Crippen LogP contribution in [0.4, 0.5) is 22.0 Å². The molecule has 0 saturated heterocycles. The lowest BCUT2D eigenvalue weighted by Gasteiger charge is -2.13. The molecule has 0 fully saturated rings. The topological polar surface area (TPSA) is 41.5 Å². The molecule has 3 nitrogen and oxygen atoms in total. The summed E-state index contributed by atoms with van der Waals surface area (Å²) in [5.74, 6) is -1.80. The molecule has 102 valence electrons. The Labute approximate surface area is 99.1 Å². The molecule has 0 spiro atoms. The third-order valence-electron chi connectivity index (χ3n) is 1.94. The van der Waals surface area contributed by atoms with Crippen molar-refractivity contribution in [3.63, 3.8) is 0 Å². The van der Waals surface area contributed by atoms with Gasteiger partial charge in [-0.1, -0.05) is 6.07 Å². The normalized spacial score (nSPS) is 13.7. The van der Waals surface area contributed by atoms with Crippen molar-refractivity contribution < 1.29 is 31.9 Å². The van der Waals surface area contributed by atoms with E-state index < -0.39 is 37.1 Å². The van der Waals surface area contributed by atoms with E-state index in [0.29, 0.717) is 6.07 Å². The van der Waals surface area contributed by atoms with Crippen molar-refractivity contribution in [2.75, 3.05) is 13.2 Å². The van der Waals surface area contributed by atoms with Crippen molar-refractivity contribution in [3.05, 3.63) is 35.4 Å². The summed E-state index contributed by atoms with van der Waals surface area (Å²) in [5, 5.41) is 9.44. The Bertz CT molecular complexity index is 396. The van der Waals surface area contributed by atoms with Crippen LogP contribution in [0.2, 0.25) is 0 Å². The van der Waals surface area contributed by atoms with E-state index >= 15 is 0 Å². The van der Waals surface area contributed by atoms with E-state index in [0.717, 1.165) is 12.1 Å². The van der Waals surface area contributed by atoms with Crippen molar-refractivity contribution in [2.45, 2.75) is 12.3 Å². The Balaban J connectivity index is 2.43. The lowest BCUT2D eigenvalue weighted by molar-refractivity contribution is -0.191. The van der Waals surface area contributed by atoms with Gasteiger partial charge in [-0.15, -0.1) is 0 Å². The zero-order chi connectivity index (χ0) is 13.8. The molecule has 0 aliphatic carbocycles. The number of hydrogen-bond donors (Lipinski definition) is 2. The number of aliphatic hydroxyl groups excluding tert-OH is 1. The minimum atomic E-state index is -4.50. The van der Waals surface area contributed by atoms with Gasteiger partial charge in [0.05, 0.1) is 12.6 Å². The summed E-state index contributed by atoms with van der Waals surface area (Å²) in [5.41, 5.74) is 1.62. The second-order valence-electron chi connectivity index (χ2n) is 3.43. The van der Waals surface area contributed by atoms with E-state index in [2.05, 4.69) is 4.84 Å². The van der Waals surface area contributed by atoms with Gasteiger partial charge in [0.2, 0.25) is 0 Å². The maximum absolute atomic E-state index is 13.2. The number of hydroxylamine groups is 1. The lowest BCUT2D eigenvalue weighted by atomic mass is 10.1. The molecular weight excluding hydrogens is 261 g/mol. The molecule has 1 rings (SSSR count). The molecule has 8 heteroatoms. The molecule has 0 bridgehead atoms. The van der Waals surface area contributed by atoms with E-state index in [1.807, 2.05) is 5.48 Å². The minimum Gasteiger partial charge on any atom is -0.387 e. The predicted molar refractivity (Wildman–Crippen MR) is 51.3 cm³/mol. The SMILES string of the molecule is OC(CNOCC(F)(F)F)c1ccc(F)cc1F. The summed E-state index contributed by atoms with van der Waals surface area (Å²) in [4.78, 5) is 4.02. The molecule has 0 amide bonds. The highest BCUT2D eigenvalue weighted by Gasteiger charge is 2.27. The molecular formula is C10H10F5NO2. The molecule has 0 saturated carbocycles. The average molecular weight is 271 g/mol. The van der Waals surface area contributed by atoms with Crippen molar-refractivity contribution in [1.82, 2.24) is 5.48 Å². The van der Waals surface area contributed by atoms with Gasteiger partial charge in [-0.2, -0.15) is 18.7 Å². The highest BCUT2D eigenvalue weighted by molar-refractivity contribution is 5.20. The van der Waals surface area contributed by atoms with Gasteiger partial charge in [-0.3, -0.25) is 4.84 Å². The highest BCUT2D eigenvalue weighted by Crippen LogP contribution is 2.18. The van der Waals surface area contributed by atoms with Crippen LogP contribution in [0.1, 0.15) is 11.7 Å². The fraction of sp³-hybridized carbons (Fsp3) is 0.400. The van der Waals surface area contributed by atoms with Crippen LogP contribution in [0.3, 0.4) is 0 Å². The van der Waals surface area contributed by atoms with Crippen LogP contribution in [0.5, 0.6) is 0 Å². The van der Waals surface area contributed by atoms with Gasteiger partial charge in [-0.25, -0.2) is 8.78 Å². The number of hydrogen-bond acceptors (Lipinski definition) is 3. The molecule has 1 aromatic carbocycles. The first-order chi connectivity index (χ1) is 8.29. The van der Waals surface area contributed by atoms with E-state index in [1.165, 1.54) is 0 Å². The third-order valence-corrected chi connectivity index (χ3v) is 1.94. The van der Waals surface area contributed by atoms with Gasteiger partial charge < -0.3 is 5.11 Å². The molecule has 1 atom stereocenters. The molecule has 2 N–H and O–H groups in total. The van der Waals surface area contributed by atoms with Gasteiger partial charge in [0.15, 0.2) is 6.61 Å². The third kappa shape index (κ3) is 4.94. The Hall–Kier alpha value is -1.25. The monoisotopic (exact) mass is 271 g/mol. The maximum Gasteiger partial charge on any atom is 0.413 e. The first-order valence-corrected chi connectivity index (χ1v) is 4.84. The second-order valence-corrected chi connectivity index (χ2v) is 3.43. The zero-order valence-corrected chi connectivity index (χ0v) is 8.97. The zero-order valence-electron chi connectivity index (χ0n) is 8.97. The van der Waals surface area contributed by atoms with Crippen LogP contribution in [0.25, 0.3) is 0 Å². The standard InChI is InChI=1S/C10H10F5NO2/c11-6-1-2-7(8(12)3-6)9(17)4-16-18-5-10(13,14)15/h1-3,9,16-17H,4-5H2. The summed E-state index contributed by atoms with van der Waals surface area (Å²) in [6, 6.07) is 2.49. The van der Waals surface area contributed by atoms with E-state index in [9.17, 15) is 27.1 Å². The van der Waals surface area contributed by atoms with Crippen molar-refractivity contribution in [2.24, 2.45) is 0 Å². The van der Waals surface area contributed by atoms with Gasteiger partial charge >= 0.3 is 6.18 Å². The fourth-order valence-corrected chi connectivity index (χ4v) is 1.15. The number of rotatable bonds is 5. The summed E-state index contributed by atoms with van der Waals surface area (Å²) in [6.45, 7) is -2.00. The second kappa shape index (κ2) is 6.07. The van der Waals surface area contributed by atoms with Crippen LogP contribution in [-0.4, -0.2) is 24.4 Å². The lowest BCUT2D eigenvalue weighted by Crippen LogP contribution is -2.28. The molecule has 0 aromatic heterocycles. The Morgan fingerprint density at radius 2 is 1.94 bits per heavy atom. The molecule has 1 unspecified atom stereocenters. The van der Waals surface area contributed by atoms with Crippen molar-refractivity contribution in [3.8, 4) is 0 Å². The van der Waals surface area contributed by atoms with E-state index in [4.69, 9.17) is 0 Å². The molecule has 1 aromatic rings. The van der Waals surface area contributed by atoms with Gasteiger partial charge in [0.25, 0.3) is 0 Å². The number of halogens is 5. The van der Waals surface area contributed by atoms with Crippen molar-refractivity contribution >= 4 is 0 Å². The van der Waals surface area contributed by atoms with E-state index in [-0.39, 0.29) is 5.56 Å². The largest absolute Gasteiger partial charge is 0.413 e. The molecule has 18 heavy (non-hydrogen) atoms. The molecule has 0 aliphatic rings. The van der Waals surface area contributed by atoms with Crippen LogP contribution in [-0.2, 0) is 4.84 Å². The first-order valence-electron chi connectivity index (χ1n) is 4.84. The minimum absolute atomic E-state index is 0.237. The summed E-state index contributed by atoms with van der Waals surface area (Å²) in [6.07, 6.45) is -5.95. The van der Waals surface area contributed by atoms with Gasteiger partial charge in [-0.05, 0) is 6.07 Å². The maximum atomic E-state index is 13.2. The number of benzene rings is 1. The summed E-state index contributed by atoms with van der Waals surface area (Å²) < 4.78 is 60.8.